The molecule has 2 N–H and O–H groups in total. The van der Waals surface area contributed by atoms with E-state index in [1.807, 2.05) is 42.5 Å². The highest BCUT2D eigenvalue weighted by Gasteiger charge is 2.18. The molecule has 0 aliphatic rings. The van der Waals surface area contributed by atoms with Crippen molar-refractivity contribution in [3.05, 3.63) is 109 Å². The molecule has 6 rings (SSSR count). The van der Waals surface area contributed by atoms with Crippen molar-refractivity contribution in [3.63, 3.8) is 0 Å². The Hall–Kier alpha value is -5.44. The van der Waals surface area contributed by atoms with Crippen LogP contribution in [0.4, 0.5) is 11.4 Å². The predicted molar refractivity (Wildman–Crippen MR) is 143 cm³/mol. The molecule has 0 radical (unpaired) electrons. The Morgan fingerprint density at radius 2 is 1.66 bits per heavy atom. The van der Waals surface area contributed by atoms with Crippen LogP contribution < -0.4 is 0 Å². The molecule has 9 nitrogen and oxygen atoms in total. The molecule has 0 saturated carbocycles. The lowest BCUT2D eigenvalue weighted by Gasteiger charge is -2.08. The second kappa shape index (κ2) is 9.55. The molecule has 0 unspecified atom stereocenters. The zero-order chi connectivity index (χ0) is 26.1. The molecule has 6 aromatic rings. The first-order chi connectivity index (χ1) is 18.6. The maximum Gasteiger partial charge on any atom is 0.339 e. The Morgan fingerprint density at radius 1 is 0.868 bits per heavy atom. The van der Waals surface area contributed by atoms with Gasteiger partial charge in [0.25, 0.3) is 0 Å². The number of phenols is 1. The Labute approximate surface area is 216 Å². The zero-order valence-corrected chi connectivity index (χ0v) is 19.9. The van der Waals surface area contributed by atoms with E-state index in [2.05, 4.69) is 24.8 Å². The topological polar surface area (TPSA) is 126 Å². The van der Waals surface area contributed by atoms with E-state index in [9.17, 15) is 15.0 Å². The fraction of sp³-hybridized carbons (Fsp3) is 0.0345. The maximum atomic E-state index is 11.7. The molecule has 0 bridgehead atoms. The monoisotopic (exact) mass is 500 g/mol. The smallest absolute Gasteiger partial charge is 0.339 e. The number of aromatic carboxylic acids is 1. The number of imidazole rings is 1. The van der Waals surface area contributed by atoms with Crippen LogP contribution in [0.3, 0.4) is 0 Å². The van der Waals surface area contributed by atoms with E-state index >= 15 is 0 Å². The number of nitrogens with zero attached hydrogens (tertiary/aromatic N) is 6. The summed E-state index contributed by atoms with van der Waals surface area (Å²) in [6.07, 6.45) is 3.48. The number of fused-ring (bicyclic) bond motifs is 2. The lowest BCUT2D eigenvalue weighted by molar-refractivity contribution is 0.0694. The van der Waals surface area contributed by atoms with Crippen LogP contribution in [-0.2, 0) is 6.54 Å². The highest BCUT2D eigenvalue weighted by Crippen LogP contribution is 2.39. The lowest BCUT2D eigenvalue weighted by atomic mass is 10.0. The van der Waals surface area contributed by atoms with Gasteiger partial charge in [-0.25, -0.2) is 9.78 Å². The number of hydrogen-bond donors (Lipinski definition) is 2. The molecule has 0 aliphatic carbocycles. The van der Waals surface area contributed by atoms with E-state index in [1.165, 1.54) is 6.07 Å². The van der Waals surface area contributed by atoms with Gasteiger partial charge in [-0.3, -0.25) is 9.97 Å². The van der Waals surface area contributed by atoms with Crippen LogP contribution in [-0.4, -0.2) is 35.7 Å². The largest absolute Gasteiger partial charge is 0.505 e. The number of rotatable bonds is 6. The van der Waals surface area contributed by atoms with Gasteiger partial charge in [0.05, 0.1) is 29.0 Å². The molecule has 184 valence electrons. The van der Waals surface area contributed by atoms with E-state index in [0.29, 0.717) is 34.3 Å². The lowest BCUT2D eigenvalue weighted by Crippen LogP contribution is -2.04. The molecule has 38 heavy (non-hydrogen) atoms. The van der Waals surface area contributed by atoms with Crippen molar-refractivity contribution in [1.82, 2.24) is 19.5 Å². The summed E-state index contributed by atoms with van der Waals surface area (Å²) in [7, 11) is 0. The number of aromatic hydroxyl groups is 1. The summed E-state index contributed by atoms with van der Waals surface area (Å²) in [5.41, 5.74) is 3.52. The van der Waals surface area contributed by atoms with Gasteiger partial charge in [0.1, 0.15) is 16.9 Å². The van der Waals surface area contributed by atoms with E-state index in [0.717, 1.165) is 16.9 Å². The van der Waals surface area contributed by atoms with Crippen LogP contribution in [0.1, 0.15) is 16.1 Å². The Bertz CT molecular complexity index is 1830. The normalized spacial score (nSPS) is 11.5. The summed E-state index contributed by atoms with van der Waals surface area (Å²) >= 11 is 0. The first-order valence-electron chi connectivity index (χ1n) is 11.8. The molecule has 9 heteroatoms. The minimum atomic E-state index is -1.24. The van der Waals surface area contributed by atoms with Gasteiger partial charge >= 0.3 is 5.97 Å². The van der Waals surface area contributed by atoms with Crippen molar-refractivity contribution in [2.45, 2.75) is 6.54 Å². The van der Waals surface area contributed by atoms with Crippen LogP contribution in [0.5, 0.6) is 5.75 Å². The van der Waals surface area contributed by atoms with E-state index in [1.54, 1.807) is 48.8 Å². The van der Waals surface area contributed by atoms with E-state index in [4.69, 9.17) is 4.98 Å². The SMILES string of the molecule is O=C(O)c1cc2ccccc2c(N=Nc2ccc3c(c2)nc(-c2ccccn2)n3Cc2ccccn2)c1O. The van der Waals surface area contributed by atoms with Gasteiger partial charge in [-0.2, -0.15) is 5.11 Å². The Kier molecular flexibility index (Phi) is 5.78. The maximum absolute atomic E-state index is 11.7. The third kappa shape index (κ3) is 4.22. The molecule has 0 spiro atoms. The first kappa shape index (κ1) is 23.0. The van der Waals surface area contributed by atoms with Gasteiger partial charge in [-0.15, -0.1) is 5.11 Å². The molecule has 3 heterocycles. The number of carboxylic acids is 1. The van der Waals surface area contributed by atoms with E-state index in [-0.39, 0.29) is 11.3 Å². The minimum Gasteiger partial charge on any atom is -0.505 e. The average molecular weight is 501 g/mol. The third-order valence-electron chi connectivity index (χ3n) is 6.16. The minimum absolute atomic E-state index is 0.0930. The molecule has 0 aliphatic heterocycles. The van der Waals surface area contributed by atoms with Crippen molar-refractivity contribution < 1.29 is 15.0 Å². The van der Waals surface area contributed by atoms with E-state index < -0.39 is 11.7 Å². The molecule has 0 saturated heterocycles. The number of aromatic nitrogens is 4. The fourth-order valence-electron chi connectivity index (χ4n) is 4.37. The number of hydrogen-bond acceptors (Lipinski definition) is 7. The number of carboxylic acid groups (broad SMARTS) is 1. The Morgan fingerprint density at radius 3 is 2.42 bits per heavy atom. The van der Waals surface area contributed by atoms with Crippen molar-refractivity contribution in [3.8, 4) is 17.3 Å². The summed E-state index contributed by atoms with van der Waals surface area (Å²) in [4.78, 5) is 25.5. The van der Waals surface area contributed by atoms with Gasteiger partial charge in [0, 0.05) is 17.8 Å². The van der Waals surface area contributed by atoms with Crippen molar-refractivity contribution in [2.75, 3.05) is 0 Å². The van der Waals surface area contributed by atoms with Gasteiger partial charge in [-0.05, 0) is 53.9 Å². The average Bonchev–Trinajstić information content (AvgIpc) is 3.30. The van der Waals surface area contributed by atoms with Crippen LogP contribution in [0.2, 0.25) is 0 Å². The number of pyridine rings is 2. The molecular formula is C29H20N6O3. The molecule has 0 fully saturated rings. The summed E-state index contributed by atoms with van der Waals surface area (Å²) in [6.45, 7) is 0.506. The number of benzene rings is 3. The first-order valence-corrected chi connectivity index (χ1v) is 11.8. The fourth-order valence-corrected chi connectivity index (χ4v) is 4.37. The second-order valence-corrected chi connectivity index (χ2v) is 8.58. The number of azo groups is 1. The molecule has 0 amide bonds. The Balaban J connectivity index is 1.45. The summed E-state index contributed by atoms with van der Waals surface area (Å²) in [6, 6.07) is 25.5. The number of carbonyl (C=O) groups is 1. The van der Waals surface area contributed by atoms with Gasteiger partial charge < -0.3 is 14.8 Å². The molecule has 0 atom stereocenters. The van der Waals surface area contributed by atoms with Crippen molar-refractivity contribution >= 4 is 39.1 Å². The molecular weight excluding hydrogens is 480 g/mol. The van der Waals surface area contributed by atoms with Gasteiger partial charge in [-0.1, -0.05) is 36.4 Å². The second-order valence-electron chi connectivity index (χ2n) is 8.58. The van der Waals surface area contributed by atoms with Gasteiger partial charge in [0.2, 0.25) is 0 Å². The third-order valence-corrected chi connectivity index (χ3v) is 6.16. The highest BCUT2D eigenvalue weighted by molar-refractivity contribution is 6.04. The molecule has 3 aromatic heterocycles. The summed E-state index contributed by atoms with van der Waals surface area (Å²) in [5, 5.41) is 30.0. The predicted octanol–water partition coefficient (Wildman–Crippen LogP) is 6.51. The summed E-state index contributed by atoms with van der Waals surface area (Å²) in [5.74, 6) is -0.983. The van der Waals surface area contributed by atoms with Crippen LogP contribution in [0.25, 0.3) is 33.3 Å². The highest BCUT2D eigenvalue weighted by atomic mass is 16.4. The van der Waals surface area contributed by atoms with Crippen molar-refractivity contribution in [1.29, 1.82) is 0 Å². The zero-order valence-electron chi connectivity index (χ0n) is 19.9. The van der Waals surface area contributed by atoms with Gasteiger partial charge in [0.15, 0.2) is 11.6 Å². The standard InChI is InChI=1S/C29H20N6O3/c36-27-22(29(37)38)15-18-7-1-2-9-21(18)26(27)34-33-19-11-12-25-24(16-19)32-28(23-10-4-6-14-31-23)35(25)17-20-8-3-5-13-30-20/h1-16,36H,17H2,(H,37,38). The van der Waals surface area contributed by atoms with Crippen molar-refractivity contribution in [2.24, 2.45) is 10.2 Å². The quantitative estimate of drug-likeness (QED) is 0.251. The van der Waals surface area contributed by atoms with Crippen LogP contribution in [0.15, 0.2) is 108 Å². The van der Waals surface area contributed by atoms with Crippen LogP contribution in [0, 0.1) is 0 Å². The van der Waals surface area contributed by atoms with Crippen LogP contribution >= 0.6 is 0 Å². The molecule has 3 aromatic carbocycles. The summed E-state index contributed by atoms with van der Waals surface area (Å²) < 4.78 is 2.05.